The van der Waals surface area contributed by atoms with E-state index in [1.807, 2.05) is 7.05 Å². The van der Waals surface area contributed by atoms with Crippen molar-refractivity contribution in [3.8, 4) is 0 Å². The molecular weight excluding hydrogens is 375 g/mol. The van der Waals surface area contributed by atoms with Crippen LogP contribution in [0.4, 0.5) is 13.2 Å². The van der Waals surface area contributed by atoms with Gasteiger partial charge < -0.3 is 10.2 Å². The van der Waals surface area contributed by atoms with E-state index in [-0.39, 0.29) is 5.41 Å². The number of nitrogens with zero attached hydrogens (tertiary/aromatic N) is 2. The summed E-state index contributed by atoms with van der Waals surface area (Å²) < 4.78 is 38.0. The minimum absolute atomic E-state index is 0.276. The van der Waals surface area contributed by atoms with Gasteiger partial charge in [0.25, 0.3) is 0 Å². The molecule has 0 radical (unpaired) electrons. The van der Waals surface area contributed by atoms with Crippen LogP contribution < -0.4 is 5.32 Å². The van der Waals surface area contributed by atoms with Crippen LogP contribution in [-0.2, 0) is 12.7 Å². The summed E-state index contributed by atoms with van der Waals surface area (Å²) in [5.41, 5.74) is 1.67. The molecule has 3 nitrogen and oxygen atoms in total. The first-order valence-electron chi connectivity index (χ1n) is 10.3. The molecule has 1 aromatic heterocycles. The topological polar surface area (TPSA) is 28.2 Å². The Morgan fingerprint density at radius 1 is 1.14 bits per heavy atom. The average molecular weight is 403 g/mol. The van der Waals surface area contributed by atoms with Gasteiger partial charge in [0.2, 0.25) is 0 Å². The van der Waals surface area contributed by atoms with E-state index in [1.165, 1.54) is 43.5 Å². The lowest BCUT2D eigenvalue weighted by atomic mass is 9.68. The molecule has 2 atom stereocenters. The SMILES string of the molecule is CN(Cc1ccc(C(F)(F)F)nc1)CC1(CNC2CC2c2ccccc2)CCC1. The number of nitrogens with one attached hydrogen (secondary N) is 1. The van der Waals surface area contributed by atoms with Crippen LogP contribution in [0.1, 0.15) is 48.4 Å². The fourth-order valence-electron chi connectivity index (χ4n) is 4.53. The zero-order chi connectivity index (χ0) is 20.5. The maximum absolute atomic E-state index is 12.7. The van der Waals surface area contributed by atoms with Gasteiger partial charge in [0.1, 0.15) is 5.69 Å². The van der Waals surface area contributed by atoms with Gasteiger partial charge >= 0.3 is 6.18 Å². The predicted octanol–water partition coefficient (Wildman–Crippen LogP) is 4.85. The Kier molecular flexibility index (Phi) is 5.67. The van der Waals surface area contributed by atoms with Gasteiger partial charge in [-0.1, -0.05) is 42.8 Å². The average Bonchev–Trinajstić information content (AvgIpc) is 3.44. The molecule has 0 saturated heterocycles. The Morgan fingerprint density at radius 3 is 2.48 bits per heavy atom. The first kappa shape index (κ1) is 20.4. The smallest absolute Gasteiger partial charge is 0.313 e. The number of hydrogen-bond acceptors (Lipinski definition) is 3. The molecule has 29 heavy (non-hydrogen) atoms. The summed E-state index contributed by atoms with van der Waals surface area (Å²) in [6.07, 6.45) is 1.83. The standard InChI is InChI=1S/C23H28F3N3/c1-29(14-17-8-9-21(27-13-17)23(24,25)26)16-22(10-5-11-22)15-28-20-12-19(20)18-6-3-2-4-7-18/h2-4,6-9,13,19-20,28H,5,10-12,14-16H2,1H3. The van der Waals surface area contributed by atoms with Crippen LogP contribution in [0.5, 0.6) is 0 Å². The summed E-state index contributed by atoms with van der Waals surface area (Å²) in [5, 5.41) is 3.78. The first-order chi connectivity index (χ1) is 13.8. The molecule has 2 fully saturated rings. The van der Waals surface area contributed by atoms with Crippen molar-refractivity contribution >= 4 is 0 Å². The van der Waals surface area contributed by atoms with Gasteiger partial charge in [0.05, 0.1) is 0 Å². The van der Waals surface area contributed by atoms with Gasteiger partial charge in [-0.2, -0.15) is 13.2 Å². The minimum Gasteiger partial charge on any atom is -0.313 e. The Morgan fingerprint density at radius 2 is 1.90 bits per heavy atom. The highest BCUT2D eigenvalue weighted by atomic mass is 19.4. The third-order valence-electron chi connectivity index (χ3n) is 6.34. The largest absolute Gasteiger partial charge is 0.433 e. The van der Waals surface area contributed by atoms with E-state index in [0.29, 0.717) is 18.5 Å². The molecule has 0 amide bonds. The zero-order valence-corrected chi connectivity index (χ0v) is 16.8. The number of halogens is 3. The van der Waals surface area contributed by atoms with Crippen molar-refractivity contribution in [2.24, 2.45) is 5.41 Å². The van der Waals surface area contributed by atoms with Gasteiger partial charge in [0, 0.05) is 37.8 Å². The second-order valence-corrected chi connectivity index (χ2v) is 8.82. The Hall–Kier alpha value is -1.92. The van der Waals surface area contributed by atoms with E-state index in [9.17, 15) is 13.2 Å². The lowest BCUT2D eigenvalue weighted by Crippen LogP contribution is -2.48. The molecular formula is C23H28F3N3. The van der Waals surface area contributed by atoms with E-state index in [0.717, 1.165) is 24.7 Å². The van der Waals surface area contributed by atoms with E-state index >= 15 is 0 Å². The van der Waals surface area contributed by atoms with Crippen molar-refractivity contribution < 1.29 is 13.2 Å². The molecule has 1 N–H and O–H groups in total. The Balaban J connectivity index is 1.27. The molecule has 0 aliphatic heterocycles. The Labute approximate surface area is 170 Å². The summed E-state index contributed by atoms with van der Waals surface area (Å²) in [5.74, 6) is 0.629. The van der Waals surface area contributed by atoms with Gasteiger partial charge in [-0.05, 0) is 48.9 Å². The molecule has 2 aromatic rings. The minimum atomic E-state index is -4.38. The van der Waals surface area contributed by atoms with Crippen molar-refractivity contribution in [1.82, 2.24) is 15.2 Å². The summed E-state index contributed by atoms with van der Waals surface area (Å²) in [6.45, 7) is 2.57. The molecule has 0 bridgehead atoms. The molecule has 1 aromatic carbocycles. The Bertz CT molecular complexity index is 800. The number of aromatic nitrogens is 1. The van der Waals surface area contributed by atoms with E-state index in [4.69, 9.17) is 0 Å². The van der Waals surface area contributed by atoms with Crippen LogP contribution in [-0.4, -0.2) is 36.1 Å². The van der Waals surface area contributed by atoms with Crippen LogP contribution in [0, 0.1) is 5.41 Å². The van der Waals surface area contributed by atoms with Crippen molar-refractivity contribution in [3.63, 3.8) is 0 Å². The molecule has 2 unspecified atom stereocenters. The third kappa shape index (κ3) is 4.98. The predicted molar refractivity (Wildman–Crippen MR) is 107 cm³/mol. The molecule has 2 saturated carbocycles. The highest BCUT2D eigenvalue weighted by molar-refractivity contribution is 5.27. The quantitative estimate of drug-likeness (QED) is 0.683. The van der Waals surface area contributed by atoms with Gasteiger partial charge in [-0.3, -0.25) is 4.98 Å². The molecule has 2 aliphatic rings. The summed E-state index contributed by atoms with van der Waals surface area (Å²) in [4.78, 5) is 5.79. The van der Waals surface area contributed by atoms with Crippen LogP contribution in [0.3, 0.4) is 0 Å². The molecule has 1 heterocycles. The molecule has 156 valence electrons. The van der Waals surface area contributed by atoms with Crippen LogP contribution in [0.2, 0.25) is 0 Å². The van der Waals surface area contributed by atoms with E-state index in [2.05, 4.69) is 45.5 Å². The summed E-state index contributed by atoms with van der Waals surface area (Å²) >= 11 is 0. The van der Waals surface area contributed by atoms with Crippen LogP contribution in [0.25, 0.3) is 0 Å². The third-order valence-corrected chi connectivity index (χ3v) is 6.34. The number of pyridine rings is 1. The lowest BCUT2D eigenvalue weighted by molar-refractivity contribution is -0.141. The molecule has 2 aliphatic carbocycles. The molecule has 0 spiro atoms. The summed E-state index contributed by atoms with van der Waals surface area (Å²) in [6, 6.07) is 13.8. The second-order valence-electron chi connectivity index (χ2n) is 8.82. The number of rotatable bonds is 8. The van der Waals surface area contributed by atoms with Crippen molar-refractivity contribution in [1.29, 1.82) is 0 Å². The van der Waals surface area contributed by atoms with Crippen molar-refractivity contribution in [2.45, 2.75) is 50.4 Å². The molecule has 6 heteroatoms. The van der Waals surface area contributed by atoms with Gasteiger partial charge in [-0.25, -0.2) is 0 Å². The van der Waals surface area contributed by atoms with E-state index in [1.54, 1.807) is 0 Å². The first-order valence-corrected chi connectivity index (χ1v) is 10.3. The normalized spacial score (nSPS) is 23.1. The van der Waals surface area contributed by atoms with Crippen LogP contribution >= 0.6 is 0 Å². The fourth-order valence-corrected chi connectivity index (χ4v) is 4.53. The maximum Gasteiger partial charge on any atom is 0.433 e. The lowest BCUT2D eigenvalue weighted by Gasteiger charge is -2.45. The van der Waals surface area contributed by atoms with Crippen LogP contribution in [0.15, 0.2) is 48.7 Å². The highest BCUT2D eigenvalue weighted by Crippen LogP contribution is 2.44. The van der Waals surface area contributed by atoms with Gasteiger partial charge in [-0.15, -0.1) is 0 Å². The van der Waals surface area contributed by atoms with Crippen molar-refractivity contribution in [3.05, 3.63) is 65.5 Å². The highest BCUT2D eigenvalue weighted by Gasteiger charge is 2.42. The summed E-state index contributed by atoms with van der Waals surface area (Å²) in [7, 11) is 2.04. The monoisotopic (exact) mass is 403 g/mol. The number of alkyl halides is 3. The maximum atomic E-state index is 12.7. The number of benzene rings is 1. The molecule has 4 rings (SSSR count). The van der Waals surface area contributed by atoms with Crippen molar-refractivity contribution in [2.75, 3.05) is 20.1 Å². The second kappa shape index (κ2) is 8.07. The number of hydrogen-bond donors (Lipinski definition) is 1. The fraction of sp³-hybridized carbons (Fsp3) is 0.522. The van der Waals surface area contributed by atoms with E-state index < -0.39 is 11.9 Å². The van der Waals surface area contributed by atoms with Gasteiger partial charge in [0.15, 0.2) is 0 Å². The zero-order valence-electron chi connectivity index (χ0n) is 16.8.